The van der Waals surface area contributed by atoms with Crippen molar-refractivity contribution < 1.29 is 24.3 Å². The molecule has 0 unspecified atom stereocenters. The summed E-state index contributed by atoms with van der Waals surface area (Å²) >= 11 is 4.51. The van der Waals surface area contributed by atoms with Crippen molar-refractivity contribution in [2.45, 2.75) is 82.2 Å². The van der Waals surface area contributed by atoms with Gasteiger partial charge in [-0.1, -0.05) is 0 Å². The number of hydrogen-bond acceptors (Lipinski definition) is 5. The van der Waals surface area contributed by atoms with Crippen LogP contribution >= 0.6 is 20.8 Å². The van der Waals surface area contributed by atoms with Crippen LogP contribution in [-0.2, 0) is 24.3 Å². The van der Waals surface area contributed by atoms with Crippen molar-refractivity contribution >= 4 is 42.6 Å². The minimum atomic E-state index is -2.99. The SMILES string of the molecule is O=C(CC1CCC2(CC1)OOC1(OO2)C2CC3CC(C2)CC1C3)NCCCP(Br)(c1ccccc1)(c1ccccc1)c1ccccc1. The van der Waals surface area contributed by atoms with Crippen LogP contribution in [0.25, 0.3) is 0 Å². The van der Waals surface area contributed by atoms with Gasteiger partial charge in [0.1, 0.15) is 0 Å². The van der Waals surface area contributed by atoms with Gasteiger partial charge in [-0.05, 0) is 43.9 Å². The van der Waals surface area contributed by atoms with E-state index in [-0.39, 0.29) is 5.91 Å². The zero-order valence-corrected chi connectivity index (χ0v) is 29.6. The van der Waals surface area contributed by atoms with Gasteiger partial charge in [-0.25, -0.2) is 0 Å². The molecule has 1 amide bonds. The van der Waals surface area contributed by atoms with E-state index in [2.05, 4.69) is 112 Å². The van der Waals surface area contributed by atoms with E-state index in [1.54, 1.807) is 0 Å². The van der Waals surface area contributed by atoms with Crippen molar-refractivity contribution in [3.8, 4) is 0 Å². The summed E-state index contributed by atoms with van der Waals surface area (Å²) in [5.41, 5.74) is 0. The van der Waals surface area contributed by atoms with Crippen LogP contribution in [0.2, 0.25) is 0 Å². The summed E-state index contributed by atoms with van der Waals surface area (Å²) in [5.74, 6) is 1.21. The van der Waals surface area contributed by atoms with Crippen molar-refractivity contribution in [3.05, 3.63) is 91.0 Å². The molecule has 1 saturated heterocycles. The molecule has 5 aliphatic carbocycles. The molecule has 1 heterocycles. The molecule has 8 heteroatoms. The van der Waals surface area contributed by atoms with Crippen molar-refractivity contribution in [2.75, 3.05) is 12.7 Å². The number of carbonyl (C=O) groups is 1. The summed E-state index contributed by atoms with van der Waals surface area (Å²) in [5, 5.41) is 4.17. The Labute approximate surface area is 286 Å². The quantitative estimate of drug-likeness (QED) is 0.140. The second-order valence-corrected chi connectivity index (χ2v) is 24.1. The van der Waals surface area contributed by atoms with E-state index in [9.17, 15) is 4.79 Å². The van der Waals surface area contributed by atoms with Gasteiger partial charge in [-0.3, -0.25) is 0 Å². The van der Waals surface area contributed by atoms with E-state index in [0.29, 0.717) is 43.6 Å². The Hall–Kier alpha value is -2.12. The summed E-state index contributed by atoms with van der Waals surface area (Å²) in [6.45, 7) is 0.630. The number of hydrogen-bond donors (Lipinski definition) is 1. The first-order chi connectivity index (χ1) is 22.9. The van der Waals surface area contributed by atoms with Crippen LogP contribution in [0.15, 0.2) is 91.0 Å². The molecule has 250 valence electrons. The molecule has 0 radical (unpaired) electrons. The number of nitrogens with one attached hydrogen (secondary N) is 1. The average Bonchev–Trinajstić information content (AvgIpc) is 3.12. The van der Waals surface area contributed by atoms with Crippen LogP contribution in [0.4, 0.5) is 0 Å². The second-order valence-electron chi connectivity index (χ2n) is 15.0. The fraction of sp³-hybridized carbons (Fsp3) is 0.513. The summed E-state index contributed by atoms with van der Waals surface area (Å²) in [6.07, 6.45) is 11.3. The average molecular weight is 721 g/mol. The first kappa shape index (κ1) is 32.1. The van der Waals surface area contributed by atoms with Gasteiger partial charge in [0, 0.05) is 11.8 Å². The molecule has 3 aromatic rings. The van der Waals surface area contributed by atoms with Gasteiger partial charge in [-0.2, -0.15) is 0 Å². The molecule has 0 atom stereocenters. The van der Waals surface area contributed by atoms with E-state index in [1.807, 2.05) is 0 Å². The predicted octanol–water partition coefficient (Wildman–Crippen LogP) is 7.67. The van der Waals surface area contributed by atoms with Gasteiger partial charge < -0.3 is 0 Å². The number of amides is 1. The summed E-state index contributed by atoms with van der Waals surface area (Å²) in [4.78, 5) is 37.9. The first-order valence-corrected chi connectivity index (χ1v) is 22.2. The van der Waals surface area contributed by atoms with E-state index in [0.717, 1.165) is 62.9 Å². The maximum absolute atomic E-state index is 13.2. The molecule has 6 aliphatic rings. The number of carbonyl (C=O) groups excluding carboxylic acids is 1. The number of halogens is 1. The molecular formula is C39H47BrNO5P. The first-order valence-electron chi connectivity index (χ1n) is 17.8. The Balaban J connectivity index is 0.867. The van der Waals surface area contributed by atoms with Crippen molar-refractivity contribution in [1.29, 1.82) is 0 Å². The molecule has 1 N–H and O–H groups in total. The minimum absolute atomic E-state index is 0.116. The third kappa shape index (κ3) is 5.63. The normalized spacial score (nSPS) is 33.8. The van der Waals surface area contributed by atoms with Gasteiger partial charge in [0.05, 0.1) is 0 Å². The molecule has 9 rings (SSSR count). The van der Waals surface area contributed by atoms with E-state index >= 15 is 0 Å². The summed E-state index contributed by atoms with van der Waals surface area (Å²) in [7, 11) is 0. The molecule has 0 aromatic heterocycles. The Morgan fingerprint density at radius 1 is 0.702 bits per heavy atom. The Morgan fingerprint density at radius 3 is 1.64 bits per heavy atom. The summed E-state index contributed by atoms with van der Waals surface area (Å²) < 4.78 is 0. The Bertz CT molecular complexity index is 1410. The Morgan fingerprint density at radius 2 is 1.17 bits per heavy atom. The van der Waals surface area contributed by atoms with E-state index in [1.165, 1.54) is 22.3 Å². The molecule has 5 saturated carbocycles. The molecular weight excluding hydrogens is 673 g/mol. The van der Waals surface area contributed by atoms with E-state index < -0.39 is 16.9 Å². The zero-order chi connectivity index (χ0) is 32.0. The fourth-order valence-corrected chi connectivity index (χ4v) is 17.6. The van der Waals surface area contributed by atoms with Crippen molar-refractivity contribution in [2.24, 2.45) is 29.6 Å². The third-order valence-corrected chi connectivity index (χ3v) is 22.3. The third-order valence-electron chi connectivity index (χ3n) is 12.2. The molecule has 3 aromatic carbocycles. The van der Waals surface area contributed by atoms with Crippen LogP contribution < -0.4 is 21.2 Å². The standard InChI is InChI=1S/C39H47BrNO5P/c40-47(34-11-4-1-5-12-34,35-13-6-2-7-14-35,36-15-8-3-9-16-36)22-10-21-41-37(42)28-29-17-19-38(20-18-29)43-45-39(46-44-38)32-24-30-23-31(26-32)27-33(39)25-30/h1-9,11-16,29-33H,10,17-28H2,(H,41,42). The molecule has 6 fully saturated rings. The van der Waals surface area contributed by atoms with Crippen molar-refractivity contribution in [1.82, 2.24) is 5.32 Å². The molecule has 47 heavy (non-hydrogen) atoms. The summed E-state index contributed by atoms with van der Waals surface area (Å²) in [6, 6.07) is 32.5. The van der Waals surface area contributed by atoms with Crippen LogP contribution in [0, 0.1) is 29.6 Å². The Kier molecular flexibility index (Phi) is 8.64. The van der Waals surface area contributed by atoms with Gasteiger partial charge >= 0.3 is 226 Å². The zero-order valence-electron chi connectivity index (χ0n) is 27.1. The van der Waals surface area contributed by atoms with Gasteiger partial charge in [0.25, 0.3) is 0 Å². The van der Waals surface area contributed by atoms with Crippen LogP contribution in [-0.4, -0.2) is 30.2 Å². The van der Waals surface area contributed by atoms with Gasteiger partial charge in [0.15, 0.2) is 0 Å². The fourth-order valence-electron chi connectivity index (χ4n) is 9.90. The maximum atomic E-state index is 13.2. The number of benzene rings is 3. The van der Waals surface area contributed by atoms with Crippen LogP contribution in [0.5, 0.6) is 0 Å². The monoisotopic (exact) mass is 719 g/mol. The molecule has 4 bridgehead atoms. The molecule has 1 aliphatic heterocycles. The second kappa shape index (κ2) is 12.6. The van der Waals surface area contributed by atoms with Gasteiger partial charge in [-0.15, -0.1) is 0 Å². The van der Waals surface area contributed by atoms with E-state index in [4.69, 9.17) is 19.6 Å². The topological polar surface area (TPSA) is 66.0 Å². The number of rotatable bonds is 9. The van der Waals surface area contributed by atoms with Gasteiger partial charge in [0.2, 0.25) is 5.79 Å². The molecule has 2 spiro atoms. The van der Waals surface area contributed by atoms with Crippen LogP contribution in [0.3, 0.4) is 0 Å². The molecule has 6 nitrogen and oxygen atoms in total. The predicted molar refractivity (Wildman–Crippen MR) is 190 cm³/mol. The van der Waals surface area contributed by atoms with Crippen molar-refractivity contribution in [3.63, 3.8) is 0 Å². The van der Waals surface area contributed by atoms with Crippen LogP contribution in [0.1, 0.15) is 70.6 Å².